The van der Waals surface area contributed by atoms with Gasteiger partial charge in [-0.2, -0.15) is 0 Å². The average molecular weight is 286 g/mol. The number of hydrogen-bond acceptors (Lipinski definition) is 1. The van der Waals surface area contributed by atoms with Crippen molar-refractivity contribution in [2.24, 2.45) is 0 Å². The van der Waals surface area contributed by atoms with Crippen molar-refractivity contribution in [3.05, 3.63) is 70.8 Å². The van der Waals surface area contributed by atoms with Crippen LogP contribution in [0, 0.1) is 11.6 Å². The molecule has 3 rings (SSSR count). The van der Waals surface area contributed by atoms with Crippen LogP contribution in [-0.2, 0) is 17.6 Å². The third kappa shape index (κ3) is 3.02. The summed E-state index contributed by atoms with van der Waals surface area (Å²) in [5, 5.41) is 0. The van der Waals surface area contributed by atoms with Crippen LogP contribution < -0.4 is 0 Å². The maximum absolute atomic E-state index is 13.2. The van der Waals surface area contributed by atoms with Gasteiger partial charge in [0, 0.05) is 18.4 Å². The van der Waals surface area contributed by atoms with Crippen molar-refractivity contribution in [1.82, 2.24) is 0 Å². The van der Waals surface area contributed by atoms with Crippen LogP contribution in [0.15, 0.2) is 42.5 Å². The van der Waals surface area contributed by atoms with E-state index in [9.17, 15) is 13.6 Å². The molecule has 0 radical (unpaired) electrons. The Morgan fingerprint density at radius 1 is 1.10 bits per heavy atom. The molecule has 0 aromatic heterocycles. The highest BCUT2D eigenvalue weighted by atomic mass is 19.1. The molecule has 2 aromatic carbocycles. The van der Waals surface area contributed by atoms with Gasteiger partial charge in [-0.05, 0) is 48.1 Å². The van der Waals surface area contributed by atoms with Crippen LogP contribution in [0.5, 0.6) is 0 Å². The summed E-state index contributed by atoms with van der Waals surface area (Å²) in [6.45, 7) is 0. The quantitative estimate of drug-likeness (QED) is 0.826. The van der Waals surface area contributed by atoms with E-state index in [1.807, 2.05) is 18.2 Å². The van der Waals surface area contributed by atoms with E-state index in [1.54, 1.807) is 0 Å². The monoisotopic (exact) mass is 286 g/mol. The van der Waals surface area contributed by atoms with Crippen LogP contribution in [-0.4, -0.2) is 5.78 Å². The predicted octanol–water partition coefficient (Wildman–Crippen LogP) is 4.20. The van der Waals surface area contributed by atoms with Gasteiger partial charge < -0.3 is 0 Å². The Kier molecular flexibility index (Phi) is 3.82. The Morgan fingerprint density at radius 2 is 1.81 bits per heavy atom. The standard InChI is InChI=1S/C18H16F2O/c19-14-8-12(9-15(20)11-14)10-18(21)17-7-3-5-13-4-1-2-6-16(13)17/h1-2,4,6,8-9,11,17H,3,5,7,10H2. The largest absolute Gasteiger partial charge is 0.299 e. The molecular weight excluding hydrogens is 270 g/mol. The SMILES string of the molecule is O=C(Cc1cc(F)cc(F)c1)C1CCCc2ccccc21. The van der Waals surface area contributed by atoms with Crippen molar-refractivity contribution in [3.8, 4) is 0 Å². The molecule has 1 aliphatic carbocycles. The number of hydrogen-bond donors (Lipinski definition) is 0. The Hall–Kier alpha value is -2.03. The van der Waals surface area contributed by atoms with Crippen molar-refractivity contribution >= 4 is 5.78 Å². The molecule has 108 valence electrons. The second kappa shape index (κ2) is 5.76. The van der Waals surface area contributed by atoms with Gasteiger partial charge in [0.15, 0.2) is 0 Å². The van der Waals surface area contributed by atoms with Crippen LogP contribution in [0.25, 0.3) is 0 Å². The lowest BCUT2D eigenvalue weighted by atomic mass is 9.79. The summed E-state index contributed by atoms with van der Waals surface area (Å²) in [5.74, 6) is -1.39. The summed E-state index contributed by atoms with van der Waals surface area (Å²) in [6.07, 6.45) is 2.86. The number of halogens is 2. The molecule has 0 fully saturated rings. The fourth-order valence-corrected chi connectivity index (χ4v) is 3.13. The van der Waals surface area contributed by atoms with E-state index >= 15 is 0 Å². The Balaban J connectivity index is 1.83. The molecule has 1 atom stereocenters. The zero-order chi connectivity index (χ0) is 14.8. The van der Waals surface area contributed by atoms with Crippen molar-refractivity contribution in [2.45, 2.75) is 31.6 Å². The zero-order valence-electron chi connectivity index (χ0n) is 11.6. The van der Waals surface area contributed by atoms with Crippen LogP contribution in [0.3, 0.4) is 0 Å². The number of Topliss-reactive ketones (excluding diaryl/α,β-unsaturated/α-hetero) is 1. The number of aryl methyl sites for hydroxylation is 1. The number of fused-ring (bicyclic) bond motifs is 1. The highest BCUT2D eigenvalue weighted by molar-refractivity contribution is 5.88. The van der Waals surface area contributed by atoms with Gasteiger partial charge in [-0.1, -0.05) is 24.3 Å². The first-order chi connectivity index (χ1) is 10.1. The van der Waals surface area contributed by atoms with Gasteiger partial charge in [-0.3, -0.25) is 4.79 Å². The summed E-state index contributed by atoms with van der Waals surface area (Å²) in [5.41, 5.74) is 2.69. The van der Waals surface area contributed by atoms with Gasteiger partial charge in [-0.15, -0.1) is 0 Å². The Labute approximate surface area is 122 Å². The van der Waals surface area contributed by atoms with E-state index in [2.05, 4.69) is 6.07 Å². The molecule has 0 N–H and O–H groups in total. The van der Waals surface area contributed by atoms with Crippen LogP contribution in [0.2, 0.25) is 0 Å². The van der Waals surface area contributed by atoms with Gasteiger partial charge in [0.2, 0.25) is 0 Å². The average Bonchev–Trinajstić information content (AvgIpc) is 2.45. The van der Waals surface area contributed by atoms with Crippen LogP contribution >= 0.6 is 0 Å². The van der Waals surface area contributed by atoms with Gasteiger partial charge >= 0.3 is 0 Å². The number of carbonyl (C=O) groups is 1. The van der Waals surface area contributed by atoms with Gasteiger partial charge in [0.25, 0.3) is 0 Å². The molecule has 2 aromatic rings. The lowest BCUT2D eigenvalue weighted by Gasteiger charge is -2.24. The molecular formula is C18H16F2O. The van der Waals surface area contributed by atoms with Crippen molar-refractivity contribution < 1.29 is 13.6 Å². The molecule has 1 unspecified atom stereocenters. The first-order valence-corrected chi connectivity index (χ1v) is 7.19. The minimum atomic E-state index is -0.637. The number of rotatable bonds is 3. The summed E-state index contributed by atoms with van der Waals surface area (Å²) < 4.78 is 26.4. The summed E-state index contributed by atoms with van der Waals surface area (Å²) in [6, 6.07) is 11.2. The molecule has 1 aliphatic rings. The van der Waals surface area contributed by atoms with E-state index in [-0.39, 0.29) is 18.1 Å². The molecule has 1 nitrogen and oxygen atoms in total. The highest BCUT2D eigenvalue weighted by Gasteiger charge is 2.26. The van der Waals surface area contributed by atoms with E-state index in [1.165, 1.54) is 17.7 Å². The fourth-order valence-electron chi connectivity index (χ4n) is 3.13. The normalized spacial score (nSPS) is 17.3. The first-order valence-electron chi connectivity index (χ1n) is 7.19. The Bertz CT molecular complexity index is 658. The minimum Gasteiger partial charge on any atom is -0.299 e. The molecule has 0 bridgehead atoms. The van der Waals surface area contributed by atoms with Crippen LogP contribution in [0.1, 0.15) is 35.4 Å². The van der Waals surface area contributed by atoms with E-state index in [0.717, 1.165) is 30.9 Å². The number of carbonyl (C=O) groups excluding carboxylic acids is 1. The summed E-state index contributed by atoms with van der Waals surface area (Å²) >= 11 is 0. The van der Waals surface area contributed by atoms with Crippen molar-refractivity contribution in [1.29, 1.82) is 0 Å². The fraction of sp³-hybridized carbons (Fsp3) is 0.278. The molecule has 0 aliphatic heterocycles. The second-order valence-corrected chi connectivity index (χ2v) is 5.56. The van der Waals surface area contributed by atoms with Gasteiger partial charge in [0.05, 0.1) is 0 Å². The molecule has 0 spiro atoms. The lowest BCUT2D eigenvalue weighted by molar-refractivity contribution is -0.120. The van der Waals surface area contributed by atoms with Crippen molar-refractivity contribution in [3.63, 3.8) is 0 Å². The van der Waals surface area contributed by atoms with E-state index < -0.39 is 11.6 Å². The Morgan fingerprint density at radius 3 is 2.57 bits per heavy atom. The zero-order valence-corrected chi connectivity index (χ0v) is 11.6. The van der Waals surface area contributed by atoms with Gasteiger partial charge in [0.1, 0.15) is 17.4 Å². The molecule has 0 saturated carbocycles. The number of benzene rings is 2. The molecule has 0 heterocycles. The smallest absolute Gasteiger partial charge is 0.144 e. The van der Waals surface area contributed by atoms with Gasteiger partial charge in [-0.25, -0.2) is 8.78 Å². The molecule has 0 saturated heterocycles. The molecule has 0 amide bonds. The predicted molar refractivity (Wildman–Crippen MR) is 77.2 cm³/mol. The lowest BCUT2D eigenvalue weighted by Crippen LogP contribution is -2.20. The second-order valence-electron chi connectivity index (χ2n) is 5.56. The van der Waals surface area contributed by atoms with Crippen LogP contribution in [0.4, 0.5) is 8.78 Å². The third-order valence-corrected chi connectivity index (χ3v) is 4.06. The third-order valence-electron chi connectivity index (χ3n) is 4.06. The minimum absolute atomic E-state index is 0.0344. The number of ketones is 1. The summed E-state index contributed by atoms with van der Waals surface area (Å²) in [4.78, 5) is 12.5. The van der Waals surface area contributed by atoms with Crippen molar-refractivity contribution in [2.75, 3.05) is 0 Å². The summed E-state index contributed by atoms with van der Waals surface area (Å²) in [7, 11) is 0. The topological polar surface area (TPSA) is 17.1 Å². The highest BCUT2D eigenvalue weighted by Crippen LogP contribution is 2.32. The molecule has 21 heavy (non-hydrogen) atoms. The maximum atomic E-state index is 13.2. The molecule has 3 heteroatoms. The first kappa shape index (κ1) is 13.9. The maximum Gasteiger partial charge on any atom is 0.144 e. The van der Waals surface area contributed by atoms with E-state index in [0.29, 0.717) is 5.56 Å². The van der Waals surface area contributed by atoms with E-state index in [4.69, 9.17) is 0 Å².